The zero-order chi connectivity index (χ0) is 19.6. The molecule has 2 aromatic carbocycles. The van der Waals surface area contributed by atoms with Crippen LogP contribution in [0.2, 0.25) is 0 Å². The lowest BCUT2D eigenvalue weighted by molar-refractivity contribution is -0.122. The second-order valence-electron chi connectivity index (χ2n) is 6.48. The van der Waals surface area contributed by atoms with Crippen molar-refractivity contribution in [1.82, 2.24) is 10.3 Å². The summed E-state index contributed by atoms with van der Waals surface area (Å²) in [6, 6.07) is 19.5. The van der Waals surface area contributed by atoms with Crippen LogP contribution in [-0.4, -0.2) is 24.0 Å². The Labute approximate surface area is 164 Å². The molecular formula is C23H23FN2O2. The van der Waals surface area contributed by atoms with Gasteiger partial charge < -0.3 is 10.1 Å². The van der Waals surface area contributed by atoms with E-state index in [1.54, 1.807) is 24.5 Å². The molecule has 28 heavy (non-hydrogen) atoms. The molecule has 0 saturated carbocycles. The lowest BCUT2D eigenvalue weighted by Crippen LogP contribution is -2.32. The number of ether oxygens (including phenoxy) is 1. The highest BCUT2D eigenvalue weighted by Gasteiger charge is 2.20. The van der Waals surface area contributed by atoms with Crippen molar-refractivity contribution in [2.24, 2.45) is 0 Å². The van der Waals surface area contributed by atoms with E-state index in [2.05, 4.69) is 10.3 Å². The molecule has 4 nitrogen and oxygen atoms in total. The molecule has 0 bridgehead atoms. The Morgan fingerprint density at radius 3 is 2.54 bits per heavy atom. The number of benzene rings is 2. The van der Waals surface area contributed by atoms with Gasteiger partial charge in [-0.15, -0.1) is 0 Å². The summed E-state index contributed by atoms with van der Waals surface area (Å²) in [4.78, 5) is 16.9. The van der Waals surface area contributed by atoms with Gasteiger partial charge in [-0.05, 0) is 54.3 Å². The SMILES string of the molecule is O=C(NCCCOc1ccc(F)cc1)C(Cc1cccnc1)c1ccccc1. The molecule has 1 aromatic heterocycles. The van der Waals surface area contributed by atoms with Gasteiger partial charge in [0.05, 0.1) is 12.5 Å². The first-order valence-electron chi connectivity index (χ1n) is 9.32. The number of hydrogen-bond donors (Lipinski definition) is 1. The van der Waals surface area contributed by atoms with E-state index in [0.717, 1.165) is 11.1 Å². The number of amides is 1. The summed E-state index contributed by atoms with van der Waals surface area (Å²) in [5, 5.41) is 3.00. The molecule has 1 heterocycles. The van der Waals surface area contributed by atoms with Crippen LogP contribution >= 0.6 is 0 Å². The quantitative estimate of drug-likeness (QED) is 0.570. The third-order valence-electron chi connectivity index (χ3n) is 4.38. The maximum atomic E-state index is 12.9. The number of aromatic nitrogens is 1. The average Bonchev–Trinajstić information content (AvgIpc) is 2.74. The van der Waals surface area contributed by atoms with E-state index >= 15 is 0 Å². The molecule has 5 heteroatoms. The largest absolute Gasteiger partial charge is 0.494 e. The molecule has 1 unspecified atom stereocenters. The minimum absolute atomic E-state index is 0.0168. The van der Waals surface area contributed by atoms with Crippen molar-refractivity contribution in [3.05, 3.63) is 96.1 Å². The zero-order valence-electron chi connectivity index (χ0n) is 15.6. The summed E-state index contributed by atoms with van der Waals surface area (Å²) >= 11 is 0. The van der Waals surface area contributed by atoms with Gasteiger partial charge in [0.1, 0.15) is 11.6 Å². The third kappa shape index (κ3) is 5.91. The van der Waals surface area contributed by atoms with Crippen molar-refractivity contribution in [3.63, 3.8) is 0 Å². The standard InChI is InChI=1S/C23H23FN2O2/c24-20-9-11-21(12-10-20)28-15-5-14-26-23(27)22(19-7-2-1-3-8-19)16-18-6-4-13-25-17-18/h1-4,6-13,17,22H,5,14-16H2,(H,26,27). The minimum Gasteiger partial charge on any atom is -0.494 e. The van der Waals surface area contributed by atoms with E-state index in [1.807, 2.05) is 42.5 Å². The van der Waals surface area contributed by atoms with Gasteiger partial charge in [-0.2, -0.15) is 0 Å². The molecule has 0 aliphatic heterocycles. The fourth-order valence-electron chi connectivity index (χ4n) is 2.93. The van der Waals surface area contributed by atoms with Gasteiger partial charge in [0, 0.05) is 18.9 Å². The van der Waals surface area contributed by atoms with Crippen LogP contribution in [0.1, 0.15) is 23.5 Å². The lowest BCUT2D eigenvalue weighted by Gasteiger charge is -2.17. The summed E-state index contributed by atoms with van der Waals surface area (Å²) in [6.07, 6.45) is 4.77. The maximum Gasteiger partial charge on any atom is 0.227 e. The second kappa shape index (κ2) is 10.2. The number of hydrogen-bond acceptors (Lipinski definition) is 3. The topological polar surface area (TPSA) is 51.2 Å². The third-order valence-corrected chi connectivity index (χ3v) is 4.38. The fraction of sp³-hybridized carbons (Fsp3) is 0.217. The minimum atomic E-state index is -0.291. The number of pyridine rings is 1. The van der Waals surface area contributed by atoms with Crippen LogP contribution in [0.25, 0.3) is 0 Å². The summed E-state index contributed by atoms with van der Waals surface area (Å²) < 4.78 is 18.4. The Balaban J connectivity index is 1.52. The molecule has 3 aromatic rings. The summed E-state index contributed by atoms with van der Waals surface area (Å²) in [6.45, 7) is 0.959. The predicted octanol–water partition coefficient (Wildman–Crippen LogP) is 4.13. The molecule has 144 valence electrons. The highest BCUT2D eigenvalue weighted by Crippen LogP contribution is 2.21. The normalized spacial score (nSPS) is 11.6. The van der Waals surface area contributed by atoms with Crippen LogP contribution in [0, 0.1) is 5.82 Å². The maximum absolute atomic E-state index is 12.9. The van der Waals surface area contributed by atoms with Crippen LogP contribution in [0.5, 0.6) is 5.75 Å². The Morgan fingerprint density at radius 2 is 1.82 bits per heavy atom. The van der Waals surface area contributed by atoms with E-state index in [9.17, 15) is 9.18 Å². The van der Waals surface area contributed by atoms with Crippen molar-refractivity contribution in [1.29, 1.82) is 0 Å². The van der Waals surface area contributed by atoms with Gasteiger partial charge in [0.25, 0.3) is 0 Å². The van der Waals surface area contributed by atoms with E-state index in [1.165, 1.54) is 12.1 Å². The van der Waals surface area contributed by atoms with Gasteiger partial charge in [-0.3, -0.25) is 9.78 Å². The average molecular weight is 378 g/mol. The molecule has 0 radical (unpaired) electrons. The Bertz CT molecular complexity index is 855. The van der Waals surface area contributed by atoms with Crippen molar-refractivity contribution in [2.75, 3.05) is 13.2 Å². The smallest absolute Gasteiger partial charge is 0.227 e. The molecule has 0 aliphatic rings. The van der Waals surface area contributed by atoms with Crippen molar-refractivity contribution < 1.29 is 13.9 Å². The zero-order valence-corrected chi connectivity index (χ0v) is 15.6. The van der Waals surface area contributed by atoms with Crippen LogP contribution in [-0.2, 0) is 11.2 Å². The summed E-state index contributed by atoms with van der Waals surface area (Å²) in [5.74, 6) is 0.0342. The van der Waals surface area contributed by atoms with Crippen LogP contribution in [0.15, 0.2) is 79.1 Å². The molecule has 0 spiro atoms. The van der Waals surface area contributed by atoms with Crippen LogP contribution in [0.3, 0.4) is 0 Å². The van der Waals surface area contributed by atoms with E-state index in [4.69, 9.17) is 4.74 Å². The number of carbonyl (C=O) groups excluding carboxylic acids is 1. The van der Waals surface area contributed by atoms with Crippen molar-refractivity contribution in [2.45, 2.75) is 18.8 Å². The Kier molecular flexibility index (Phi) is 7.13. The van der Waals surface area contributed by atoms with Crippen molar-refractivity contribution in [3.8, 4) is 5.75 Å². The molecule has 1 atom stereocenters. The molecule has 0 aliphatic carbocycles. The van der Waals surface area contributed by atoms with Gasteiger partial charge in [-0.1, -0.05) is 36.4 Å². The molecule has 0 fully saturated rings. The number of rotatable bonds is 9. The highest BCUT2D eigenvalue weighted by atomic mass is 19.1. The highest BCUT2D eigenvalue weighted by molar-refractivity contribution is 5.83. The number of nitrogens with zero attached hydrogens (tertiary/aromatic N) is 1. The lowest BCUT2D eigenvalue weighted by atomic mass is 9.92. The van der Waals surface area contributed by atoms with E-state index in [-0.39, 0.29) is 17.6 Å². The molecule has 0 saturated heterocycles. The summed E-state index contributed by atoms with van der Waals surface area (Å²) in [5.41, 5.74) is 2.00. The fourth-order valence-corrected chi connectivity index (χ4v) is 2.93. The van der Waals surface area contributed by atoms with Gasteiger partial charge in [0.15, 0.2) is 0 Å². The van der Waals surface area contributed by atoms with Gasteiger partial charge >= 0.3 is 0 Å². The Hall–Kier alpha value is -3.21. The first-order valence-corrected chi connectivity index (χ1v) is 9.32. The monoisotopic (exact) mass is 378 g/mol. The van der Waals surface area contributed by atoms with Gasteiger partial charge in [0.2, 0.25) is 5.91 Å². The van der Waals surface area contributed by atoms with Crippen molar-refractivity contribution >= 4 is 5.91 Å². The van der Waals surface area contributed by atoms with E-state index < -0.39 is 0 Å². The molecule has 3 rings (SSSR count). The molecule has 1 amide bonds. The first kappa shape index (κ1) is 19.5. The second-order valence-corrected chi connectivity index (χ2v) is 6.48. The number of halogens is 1. The number of nitrogens with one attached hydrogen (secondary N) is 1. The summed E-state index contributed by atoms with van der Waals surface area (Å²) in [7, 11) is 0. The van der Waals surface area contributed by atoms with Crippen LogP contribution in [0.4, 0.5) is 4.39 Å². The van der Waals surface area contributed by atoms with E-state index in [0.29, 0.717) is 31.7 Å². The molecular weight excluding hydrogens is 355 g/mol. The molecule has 1 N–H and O–H groups in total. The van der Waals surface area contributed by atoms with Crippen LogP contribution < -0.4 is 10.1 Å². The Morgan fingerprint density at radius 1 is 1.04 bits per heavy atom. The van der Waals surface area contributed by atoms with Gasteiger partial charge in [-0.25, -0.2) is 4.39 Å². The first-order chi connectivity index (χ1) is 13.7. The predicted molar refractivity (Wildman–Crippen MR) is 107 cm³/mol. The number of carbonyl (C=O) groups is 1.